The van der Waals surface area contributed by atoms with Crippen LogP contribution in [-0.2, 0) is 25.9 Å². The van der Waals surface area contributed by atoms with Crippen molar-refractivity contribution in [1.29, 1.82) is 0 Å². The van der Waals surface area contributed by atoms with Crippen molar-refractivity contribution in [1.82, 2.24) is 15.1 Å². The predicted molar refractivity (Wildman–Crippen MR) is 104 cm³/mol. The first kappa shape index (κ1) is 16.9. The van der Waals surface area contributed by atoms with Gasteiger partial charge in [0.15, 0.2) is 0 Å². The fraction of sp³-hybridized carbons (Fsp3) is 0.318. The van der Waals surface area contributed by atoms with Gasteiger partial charge in [-0.25, -0.2) is 0 Å². The molecule has 0 radical (unpaired) electrons. The first-order chi connectivity index (χ1) is 12.9. The van der Waals surface area contributed by atoms with Crippen LogP contribution >= 0.6 is 0 Å². The second kappa shape index (κ2) is 7.75. The van der Waals surface area contributed by atoms with Crippen molar-refractivity contribution in [3.8, 4) is 17.0 Å². The van der Waals surface area contributed by atoms with Crippen LogP contribution in [0, 0.1) is 0 Å². The number of benzene rings is 2. The lowest BCUT2D eigenvalue weighted by atomic mass is 10.0. The molecule has 1 N–H and O–H groups in total. The Kier molecular flexibility index (Phi) is 5.02. The molecule has 2 aromatic carbocycles. The molecule has 0 amide bonds. The number of ether oxygens (including phenoxy) is 1. The van der Waals surface area contributed by atoms with Crippen molar-refractivity contribution in [3.63, 3.8) is 0 Å². The lowest BCUT2D eigenvalue weighted by Gasteiger charge is -2.16. The summed E-state index contributed by atoms with van der Waals surface area (Å²) < 4.78 is 7.79. The highest BCUT2D eigenvalue weighted by molar-refractivity contribution is 5.71. The minimum absolute atomic E-state index is 0.876. The van der Waals surface area contributed by atoms with Crippen LogP contribution in [0.3, 0.4) is 0 Å². The van der Waals surface area contributed by atoms with E-state index in [0.29, 0.717) is 0 Å². The van der Waals surface area contributed by atoms with Gasteiger partial charge in [0.2, 0.25) is 0 Å². The summed E-state index contributed by atoms with van der Waals surface area (Å²) in [7, 11) is 1.72. The summed E-state index contributed by atoms with van der Waals surface area (Å²) in [6.07, 6.45) is 3.21. The minimum Gasteiger partial charge on any atom is -0.496 e. The summed E-state index contributed by atoms with van der Waals surface area (Å²) in [4.78, 5) is 0. The molecule has 0 spiro atoms. The molecule has 2 heterocycles. The van der Waals surface area contributed by atoms with Crippen LogP contribution in [0.25, 0.3) is 11.3 Å². The molecule has 0 aliphatic carbocycles. The standard InChI is InChI=1S/C22H25N3O/c1-26-21-12-6-5-11-18(21)22-19-16-23-14-13-20(19)25(24-22)15-7-10-17-8-3-2-4-9-17/h2-6,8-9,11-12,23H,7,10,13-16H2,1H3. The molecule has 4 heteroatoms. The number of rotatable bonds is 6. The fourth-order valence-corrected chi connectivity index (χ4v) is 3.74. The number of methoxy groups -OCH3 is 1. The molecule has 0 fully saturated rings. The largest absolute Gasteiger partial charge is 0.496 e. The van der Waals surface area contributed by atoms with Gasteiger partial charge in [-0.15, -0.1) is 0 Å². The Bertz CT molecular complexity index is 870. The summed E-state index contributed by atoms with van der Waals surface area (Å²) in [6, 6.07) is 18.8. The lowest BCUT2D eigenvalue weighted by Crippen LogP contribution is -2.25. The van der Waals surface area contributed by atoms with Gasteiger partial charge in [-0.2, -0.15) is 5.10 Å². The summed E-state index contributed by atoms with van der Waals surface area (Å²) in [5.74, 6) is 0.884. The monoisotopic (exact) mass is 347 g/mol. The Morgan fingerprint density at radius 1 is 1.08 bits per heavy atom. The van der Waals surface area contributed by atoms with Gasteiger partial charge >= 0.3 is 0 Å². The SMILES string of the molecule is COc1ccccc1-c1nn(CCCc2ccccc2)c2c1CNCC2. The molecular weight excluding hydrogens is 322 g/mol. The molecule has 1 aliphatic rings. The van der Waals surface area contributed by atoms with Crippen LogP contribution in [0.1, 0.15) is 23.2 Å². The van der Waals surface area contributed by atoms with Crippen LogP contribution in [0.4, 0.5) is 0 Å². The van der Waals surface area contributed by atoms with Crippen molar-refractivity contribution < 1.29 is 4.74 Å². The van der Waals surface area contributed by atoms with Crippen molar-refractivity contribution in [2.75, 3.05) is 13.7 Å². The van der Waals surface area contributed by atoms with E-state index in [1.54, 1.807) is 7.11 Å². The molecule has 0 unspecified atom stereocenters. The van der Waals surface area contributed by atoms with Crippen LogP contribution in [0.2, 0.25) is 0 Å². The van der Waals surface area contributed by atoms with Crippen LogP contribution in [-0.4, -0.2) is 23.4 Å². The average Bonchev–Trinajstić information content (AvgIpc) is 3.07. The zero-order valence-corrected chi connectivity index (χ0v) is 15.2. The first-order valence-electron chi connectivity index (χ1n) is 9.33. The van der Waals surface area contributed by atoms with Crippen molar-refractivity contribution in [2.45, 2.75) is 32.4 Å². The number of para-hydroxylation sites is 1. The number of aromatic nitrogens is 2. The van der Waals surface area contributed by atoms with Crippen molar-refractivity contribution >= 4 is 0 Å². The van der Waals surface area contributed by atoms with E-state index in [1.807, 2.05) is 12.1 Å². The molecule has 134 valence electrons. The molecular formula is C22H25N3O. The molecule has 1 aromatic heterocycles. The zero-order valence-electron chi connectivity index (χ0n) is 15.2. The van der Waals surface area contributed by atoms with E-state index in [4.69, 9.17) is 9.84 Å². The number of hydrogen-bond donors (Lipinski definition) is 1. The summed E-state index contributed by atoms with van der Waals surface area (Å²) in [5, 5.41) is 8.49. The lowest BCUT2D eigenvalue weighted by molar-refractivity contribution is 0.416. The maximum absolute atomic E-state index is 5.57. The molecule has 0 atom stereocenters. The third kappa shape index (κ3) is 3.37. The molecule has 0 saturated carbocycles. The first-order valence-corrected chi connectivity index (χ1v) is 9.33. The molecule has 0 saturated heterocycles. The summed E-state index contributed by atoms with van der Waals surface area (Å²) >= 11 is 0. The highest BCUT2D eigenvalue weighted by Crippen LogP contribution is 2.34. The average molecular weight is 347 g/mol. The van der Waals surface area contributed by atoms with Gasteiger partial charge in [-0.05, 0) is 30.5 Å². The van der Waals surface area contributed by atoms with E-state index in [0.717, 1.165) is 55.9 Å². The van der Waals surface area contributed by atoms with Crippen LogP contribution in [0.15, 0.2) is 54.6 Å². The van der Waals surface area contributed by atoms with E-state index in [2.05, 4.69) is 52.5 Å². The Morgan fingerprint density at radius 3 is 2.73 bits per heavy atom. The maximum Gasteiger partial charge on any atom is 0.128 e. The van der Waals surface area contributed by atoms with Gasteiger partial charge in [0.05, 0.1) is 7.11 Å². The Morgan fingerprint density at radius 2 is 1.88 bits per heavy atom. The molecule has 0 bridgehead atoms. The number of nitrogens with one attached hydrogen (secondary N) is 1. The Balaban J connectivity index is 1.60. The molecule has 26 heavy (non-hydrogen) atoms. The summed E-state index contributed by atoms with van der Waals surface area (Å²) in [6.45, 7) is 2.84. The van der Waals surface area contributed by atoms with Gasteiger partial charge in [0.1, 0.15) is 11.4 Å². The van der Waals surface area contributed by atoms with Gasteiger partial charge in [-0.3, -0.25) is 4.68 Å². The molecule has 4 nitrogen and oxygen atoms in total. The fourth-order valence-electron chi connectivity index (χ4n) is 3.74. The number of hydrogen-bond acceptors (Lipinski definition) is 3. The predicted octanol–water partition coefficient (Wildman–Crippen LogP) is 3.84. The highest BCUT2D eigenvalue weighted by Gasteiger charge is 2.23. The maximum atomic E-state index is 5.57. The smallest absolute Gasteiger partial charge is 0.128 e. The van der Waals surface area contributed by atoms with Gasteiger partial charge in [0, 0.05) is 42.9 Å². The minimum atomic E-state index is 0.876. The third-order valence-corrected chi connectivity index (χ3v) is 5.05. The Labute approximate surface area is 154 Å². The van der Waals surface area contributed by atoms with E-state index in [9.17, 15) is 0 Å². The van der Waals surface area contributed by atoms with E-state index in [-0.39, 0.29) is 0 Å². The second-order valence-electron chi connectivity index (χ2n) is 6.71. The van der Waals surface area contributed by atoms with Crippen LogP contribution in [0.5, 0.6) is 5.75 Å². The van der Waals surface area contributed by atoms with Crippen LogP contribution < -0.4 is 10.1 Å². The van der Waals surface area contributed by atoms with Crippen molar-refractivity contribution in [3.05, 3.63) is 71.4 Å². The summed E-state index contributed by atoms with van der Waals surface area (Å²) in [5.41, 5.74) is 6.22. The normalized spacial score (nSPS) is 13.4. The van der Waals surface area contributed by atoms with Gasteiger partial charge < -0.3 is 10.1 Å². The molecule has 4 rings (SSSR count). The number of nitrogens with zero attached hydrogens (tertiary/aromatic N) is 2. The highest BCUT2D eigenvalue weighted by atomic mass is 16.5. The zero-order chi connectivity index (χ0) is 17.8. The number of aryl methyl sites for hydroxylation is 2. The number of fused-ring (bicyclic) bond motifs is 1. The Hall–Kier alpha value is -2.59. The topological polar surface area (TPSA) is 39.1 Å². The van der Waals surface area contributed by atoms with E-state index < -0.39 is 0 Å². The van der Waals surface area contributed by atoms with E-state index >= 15 is 0 Å². The van der Waals surface area contributed by atoms with Gasteiger partial charge in [0.25, 0.3) is 0 Å². The molecule has 3 aromatic rings. The van der Waals surface area contributed by atoms with Gasteiger partial charge in [-0.1, -0.05) is 42.5 Å². The third-order valence-electron chi connectivity index (χ3n) is 5.05. The van der Waals surface area contributed by atoms with Crippen molar-refractivity contribution in [2.24, 2.45) is 0 Å². The van der Waals surface area contributed by atoms with E-state index in [1.165, 1.54) is 16.8 Å². The molecule has 1 aliphatic heterocycles. The quantitative estimate of drug-likeness (QED) is 0.736. The second-order valence-corrected chi connectivity index (χ2v) is 6.71.